The molecule has 5 heteroatoms. The van der Waals surface area contributed by atoms with Crippen LogP contribution in [0.25, 0.3) is 5.65 Å². The van der Waals surface area contributed by atoms with Crippen LogP contribution >= 0.6 is 0 Å². The van der Waals surface area contributed by atoms with Crippen LogP contribution in [0.4, 0.5) is 0 Å². The van der Waals surface area contributed by atoms with Gasteiger partial charge in [-0.25, -0.2) is 4.79 Å². The Morgan fingerprint density at radius 3 is 2.62 bits per heavy atom. The second-order valence-electron chi connectivity index (χ2n) is 4.92. The average molecular weight is 281 g/mol. The van der Waals surface area contributed by atoms with Crippen molar-refractivity contribution in [2.24, 2.45) is 0 Å². The van der Waals surface area contributed by atoms with Gasteiger partial charge < -0.3 is 4.74 Å². The lowest BCUT2D eigenvalue weighted by Crippen LogP contribution is -2.04. The molecule has 0 radical (unpaired) electrons. The zero-order valence-corrected chi connectivity index (χ0v) is 11.9. The molecule has 0 spiro atoms. The fourth-order valence-corrected chi connectivity index (χ4v) is 2.19. The maximum atomic E-state index is 11.6. The minimum absolute atomic E-state index is 0.369. The summed E-state index contributed by atoms with van der Waals surface area (Å²) >= 11 is 0. The molecule has 106 valence electrons. The van der Waals surface area contributed by atoms with Crippen molar-refractivity contribution in [2.75, 3.05) is 7.11 Å². The van der Waals surface area contributed by atoms with Gasteiger partial charge in [0.1, 0.15) is 5.82 Å². The van der Waals surface area contributed by atoms with E-state index in [2.05, 4.69) is 41.4 Å². The highest BCUT2D eigenvalue weighted by Gasteiger charge is 2.11. The van der Waals surface area contributed by atoms with E-state index in [4.69, 9.17) is 4.74 Å². The molecule has 0 unspecified atom stereocenters. The molecule has 0 saturated carbocycles. The number of benzene rings is 1. The van der Waals surface area contributed by atoms with E-state index >= 15 is 0 Å². The Bertz CT molecular complexity index is 791. The van der Waals surface area contributed by atoms with Crippen molar-refractivity contribution in [2.45, 2.75) is 13.3 Å². The Morgan fingerprint density at radius 1 is 1.14 bits per heavy atom. The Morgan fingerprint density at radius 2 is 1.90 bits per heavy atom. The summed E-state index contributed by atoms with van der Waals surface area (Å²) in [5.74, 6) is 0.423. The smallest absolute Gasteiger partial charge is 0.339 e. The molecule has 0 N–H and O–H groups in total. The van der Waals surface area contributed by atoms with E-state index in [-0.39, 0.29) is 5.97 Å². The van der Waals surface area contributed by atoms with E-state index in [1.165, 1.54) is 12.7 Å². The topological polar surface area (TPSA) is 56.5 Å². The van der Waals surface area contributed by atoms with Gasteiger partial charge in [-0.2, -0.15) is 0 Å². The van der Waals surface area contributed by atoms with Crippen molar-refractivity contribution in [3.8, 4) is 0 Å². The molecule has 21 heavy (non-hydrogen) atoms. The second-order valence-corrected chi connectivity index (χ2v) is 4.92. The summed E-state index contributed by atoms with van der Waals surface area (Å²) in [6.45, 7) is 2.05. The van der Waals surface area contributed by atoms with Gasteiger partial charge in [0, 0.05) is 12.6 Å². The van der Waals surface area contributed by atoms with Crippen molar-refractivity contribution < 1.29 is 9.53 Å². The van der Waals surface area contributed by atoms with E-state index in [0.717, 1.165) is 11.4 Å². The Kier molecular flexibility index (Phi) is 3.39. The van der Waals surface area contributed by atoms with Gasteiger partial charge in [-0.1, -0.05) is 29.8 Å². The third-order valence-electron chi connectivity index (χ3n) is 3.38. The highest BCUT2D eigenvalue weighted by Crippen LogP contribution is 2.12. The fourth-order valence-electron chi connectivity index (χ4n) is 2.19. The van der Waals surface area contributed by atoms with E-state index in [0.29, 0.717) is 17.6 Å². The van der Waals surface area contributed by atoms with Gasteiger partial charge in [-0.15, -0.1) is 10.2 Å². The number of nitrogens with zero attached hydrogens (tertiary/aromatic N) is 3. The number of aromatic nitrogens is 3. The van der Waals surface area contributed by atoms with E-state index in [9.17, 15) is 4.79 Å². The monoisotopic (exact) mass is 281 g/mol. The van der Waals surface area contributed by atoms with E-state index < -0.39 is 0 Å². The minimum Gasteiger partial charge on any atom is -0.465 e. The summed E-state index contributed by atoms with van der Waals surface area (Å²) in [7, 11) is 1.37. The first-order valence-corrected chi connectivity index (χ1v) is 6.65. The number of carbonyl (C=O) groups is 1. The molecule has 1 aromatic carbocycles. The van der Waals surface area contributed by atoms with Gasteiger partial charge in [-0.3, -0.25) is 4.40 Å². The van der Waals surface area contributed by atoms with Gasteiger partial charge in [0.05, 0.1) is 12.7 Å². The number of carbonyl (C=O) groups excluding carboxylic acids is 1. The number of ether oxygens (including phenoxy) is 1. The first kappa shape index (κ1) is 13.3. The average Bonchev–Trinajstić information content (AvgIpc) is 2.91. The number of hydrogen-bond donors (Lipinski definition) is 0. The summed E-state index contributed by atoms with van der Waals surface area (Å²) in [5, 5.41) is 8.32. The zero-order chi connectivity index (χ0) is 14.8. The Balaban J connectivity index is 1.98. The number of rotatable bonds is 3. The molecule has 3 aromatic rings. The molecule has 3 rings (SSSR count). The Labute approximate surface area is 122 Å². The van der Waals surface area contributed by atoms with Crippen molar-refractivity contribution in [1.29, 1.82) is 0 Å². The predicted octanol–water partition coefficient (Wildman–Crippen LogP) is 2.42. The first-order chi connectivity index (χ1) is 10.2. The van der Waals surface area contributed by atoms with Crippen LogP contribution in [-0.2, 0) is 11.2 Å². The minimum atomic E-state index is -0.369. The van der Waals surface area contributed by atoms with E-state index in [1.54, 1.807) is 18.3 Å². The molecule has 0 saturated heterocycles. The molecule has 0 amide bonds. The molecule has 0 atom stereocenters. The summed E-state index contributed by atoms with van der Waals surface area (Å²) in [6.07, 6.45) is 2.37. The maximum absolute atomic E-state index is 11.6. The number of hydrogen-bond acceptors (Lipinski definition) is 4. The molecule has 2 aromatic heterocycles. The zero-order valence-electron chi connectivity index (χ0n) is 11.9. The van der Waals surface area contributed by atoms with Crippen LogP contribution in [-0.4, -0.2) is 27.7 Å². The van der Waals surface area contributed by atoms with Gasteiger partial charge in [0.25, 0.3) is 0 Å². The number of aryl methyl sites for hydroxylation is 1. The quantitative estimate of drug-likeness (QED) is 0.692. The van der Waals surface area contributed by atoms with Crippen molar-refractivity contribution in [1.82, 2.24) is 14.6 Å². The van der Waals surface area contributed by atoms with Gasteiger partial charge in [0.15, 0.2) is 5.65 Å². The number of fused-ring (bicyclic) bond motifs is 1. The third kappa shape index (κ3) is 2.63. The largest absolute Gasteiger partial charge is 0.465 e. The molecule has 2 heterocycles. The lowest BCUT2D eigenvalue weighted by molar-refractivity contribution is 0.0600. The van der Waals surface area contributed by atoms with Gasteiger partial charge in [0.2, 0.25) is 0 Å². The predicted molar refractivity (Wildman–Crippen MR) is 78.3 cm³/mol. The van der Waals surface area contributed by atoms with Crippen molar-refractivity contribution >= 4 is 11.6 Å². The molecular weight excluding hydrogens is 266 g/mol. The van der Waals surface area contributed by atoms with E-state index in [1.807, 2.05) is 4.40 Å². The van der Waals surface area contributed by atoms with Crippen LogP contribution < -0.4 is 0 Å². The Hall–Kier alpha value is -2.69. The molecule has 0 aliphatic heterocycles. The summed E-state index contributed by atoms with van der Waals surface area (Å²) < 4.78 is 6.57. The highest BCUT2D eigenvalue weighted by atomic mass is 16.5. The summed E-state index contributed by atoms with van der Waals surface area (Å²) in [6, 6.07) is 11.7. The van der Waals surface area contributed by atoms with Gasteiger partial charge >= 0.3 is 5.97 Å². The fraction of sp³-hybridized carbons (Fsp3) is 0.188. The molecule has 0 fully saturated rings. The van der Waals surface area contributed by atoms with Crippen LogP contribution in [0.15, 0.2) is 42.6 Å². The molecule has 0 aliphatic carbocycles. The second kappa shape index (κ2) is 5.36. The van der Waals surface area contributed by atoms with Crippen LogP contribution in [0.2, 0.25) is 0 Å². The van der Waals surface area contributed by atoms with Gasteiger partial charge in [-0.05, 0) is 24.6 Å². The summed E-state index contributed by atoms with van der Waals surface area (Å²) in [4.78, 5) is 11.6. The van der Waals surface area contributed by atoms with Crippen molar-refractivity contribution in [3.05, 3.63) is 65.1 Å². The first-order valence-electron chi connectivity index (χ1n) is 6.65. The number of methoxy groups -OCH3 is 1. The van der Waals surface area contributed by atoms with Crippen LogP contribution in [0.1, 0.15) is 27.3 Å². The summed E-state index contributed by atoms with van der Waals surface area (Å²) in [5.41, 5.74) is 3.57. The van der Waals surface area contributed by atoms with Crippen LogP contribution in [0.3, 0.4) is 0 Å². The molecular formula is C16H15N3O2. The normalized spacial score (nSPS) is 10.8. The van der Waals surface area contributed by atoms with Crippen molar-refractivity contribution in [3.63, 3.8) is 0 Å². The molecule has 0 aliphatic rings. The van der Waals surface area contributed by atoms with Crippen LogP contribution in [0.5, 0.6) is 0 Å². The number of esters is 1. The van der Waals surface area contributed by atoms with Crippen LogP contribution in [0, 0.1) is 6.92 Å². The highest BCUT2D eigenvalue weighted by molar-refractivity contribution is 5.89. The SMILES string of the molecule is COC(=O)c1ccc2nnc(Cc3ccc(C)cc3)n2c1. The third-order valence-corrected chi connectivity index (χ3v) is 3.38. The lowest BCUT2D eigenvalue weighted by atomic mass is 10.1. The molecule has 0 bridgehead atoms. The lowest BCUT2D eigenvalue weighted by Gasteiger charge is -2.03. The standard InChI is InChI=1S/C16H15N3O2/c1-11-3-5-12(6-4-11)9-15-18-17-14-8-7-13(10-19(14)15)16(20)21-2/h3-8,10H,9H2,1-2H3. The maximum Gasteiger partial charge on any atom is 0.339 e. The number of pyridine rings is 1. The molecule has 5 nitrogen and oxygen atoms in total.